The quantitative estimate of drug-likeness (QED) is 0.762. The van der Waals surface area contributed by atoms with E-state index in [1.54, 1.807) is 21.0 Å². The molecular weight excluding hydrogens is 206 g/mol. The first-order valence-electron chi connectivity index (χ1n) is 5.26. The van der Waals surface area contributed by atoms with E-state index in [2.05, 4.69) is 0 Å². The fourth-order valence-corrected chi connectivity index (χ4v) is 1.72. The van der Waals surface area contributed by atoms with Crippen molar-refractivity contribution >= 4 is 5.69 Å². The van der Waals surface area contributed by atoms with Gasteiger partial charge < -0.3 is 19.8 Å². The zero-order chi connectivity index (χ0) is 12.3. The van der Waals surface area contributed by atoms with E-state index in [9.17, 15) is 10.2 Å². The molecule has 0 aliphatic heterocycles. The summed E-state index contributed by atoms with van der Waals surface area (Å²) in [5, 5.41) is 19.3. The van der Waals surface area contributed by atoms with Gasteiger partial charge in [0.25, 0.3) is 0 Å². The second-order valence-electron chi connectivity index (χ2n) is 3.85. The monoisotopic (exact) mass is 225 g/mol. The second-order valence-corrected chi connectivity index (χ2v) is 3.85. The van der Waals surface area contributed by atoms with Crippen molar-refractivity contribution in [1.29, 1.82) is 0 Å². The maximum atomic E-state index is 9.66. The van der Waals surface area contributed by atoms with Crippen molar-refractivity contribution in [3.8, 4) is 5.75 Å². The Labute approximate surface area is 96.1 Å². The molecule has 4 heteroatoms. The standard InChI is InChI=1S/C12H19NO3/c1-8-5-6-12(16-4)11(7-8)13(9(2)14)10(3)15/h5-7,9-10,14-15H,1-4H3. The van der Waals surface area contributed by atoms with Crippen LogP contribution in [0.1, 0.15) is 19.4 Å². The van der Waals surface area contributed by atoms with E-state index in [0.717, 1.165) is 5.56 Å². The number of methoxy groups -OCH3 is 1. The summed E-state index contributed by atoms with van der Waals surface area (Å²) >= 11 is 0. The number of benzene rings is 1. The van der Waals surface area contributed by atoms with Gasteiger partial charge in [0, 0.05) is 0 Å². The van der Waals surface area contributed by atoms with Crippen molar-refractivity contribution in [2.75, 3.05) is 12.0 Å². The molecule has 0 bridgehead atoms. The zero-order valence-corrected chi connectivity index (χ0v) is 10.1. The smallest absolute Gasteiger partial charge is 0.142 e. The maximum absolute atomic E-state index is 9.66. The Bertz CT molecular complexity index is 342. The second kappa shape index (κ2) is 5.18. The van der Waals surface area contributed by atoms with Crippen molar-refractivity contribution in [2.45, 2.75) is 33.2 Å². The van der Waals surface area contributed by atoms with E-state index in [1.165, 1.54) is 4.90 Å². The number of anilines is 1. The maximum Gasteiger partial charge on any atom is 0.142 e. The summed E-state index contributed by atoms with van der Waals surface area (Å²) in [5.74, 6) is 0.632. The van der Waals surface area contributed by atoms with Gasteiger partial charge in [-0.15, -0.1) is 0 Å². The highest BCUT2D eigenvalue weighted by Gasteiger charge is 2.20. The number of aryl methyl sites for hydroxylation is 1. The summed E-state index contributed by atoms with van der Waals surface area (Å²) in [4.78, 5) is 1.49. The number of nitrogens with zero attached hydrogens (tertiary/aromatic N) is 1. The van der Waals surface area contributed by atoms with Crippen LogP contribution >= 0.6 is 0 Å². The predicted molar refractivity (Wildman–Crippen MR) is 63.6 cm³/mol. The van der Waals surface area contributed by atoms with Gasteiger partial charge >= 0.3 is 0 Å². The fourth-order valence-electron chi connectivity index (χ4n) is 1.72. The van der Waals surface area contributed by atoms with Crippen molar-refractivity contribution in [1.82, 2.24) is 0 Å². The molecule has 4 nitrogen and oxygen atoms in total. The molecule has 0 aromatic heterocycles. The number of ether oxygens (including phenoxy) is 1. The fraction of sp³-hybridized carbons (Fsp3) is 0.500. The van der Waals surface area contributed by atoms with Crippen LogP contribution in [0.25, 0.3) is 0 Å². The van der Waals surface area contributed by atoms with Gasteiger partial charge in [0.15, 0.2) is 0 Å². The van der Waals surface area contributed by atoms with Gasteiger partial charge in [-0.2, -0.15) is 0 Å². The largest absolute Gasteiger partial charge is 0.495 e. The van der Waals surface area contributed by atoms with Crippen LogP contribution in [0.15, 0.2) is 18.2 Å². The Kier molecular flexibility index (Phi) is 4.15. The van der Waals surface area contributed by atoms with E-state index in [0.29, 0.717) is 11.4 Å². The number of hydrogen-bond acceptors (Lipinski definition) is 4. The van der Waals surface area contributed by atoms with Crippen LogP contribution in [-0.2, 0) is 0 Å². The highest BCUT2D eigenvalue weighted by atomic mass is 16.5. The molecule has 2 N–H and O–H groups in total. The number of aliphatic hydroxyl groups is 2. The average Bonchev–Trinajstić information content (AvgIpc) is 2.17. The molecule has 1 aromatic rings. The number of aliphatic hydroxyl groups excluding tert-OH is 2. The third-order valence-corrected chi connectivity index (χ3v) is 2.42. The van der Waals surface area contributed by atoms with Gasteiger partial charge in [-0.05, 0) is 38.5 Å². The van der Waals surface area contributed by atoms with Gasteiger partial charge in [0.1, 0.15) is 18.2 Å². The first-order valence-corrected chi connectivity index (χ1v) is 5.26. The molecule has 0 aliphatic rings. The molecule has 0 saturated carbocycles. The Morgan fingerprint density at radius 1 is 1.19 bits per heavy atom. The van der Waals surface area contributed by atoms with Crippen LogP contribution in [0.2, 0.25) is 0 Å². The van der Waals surface area contributed by atoms with Crippen LogP contribution in [0.5, 0.6) is 5.75 Å². The van der Waals surface area contributed by atoms with Crippen LogP contribution in [0.4, 0.5) is 5.69 Å². The Morgan fingerprint density at radius 3 is 2.19 bits per heavy atom. The molecule has 16 heavy (non-hydrogen) atoms. The molecule has 0 radical (unpaired) electrons. The first-order chi connectivity index (χ1) is 7.47. The van der Waals surface area contributed by atoms with Gasteiger partial charge in [-0.1, -0.05) is 6.07 Å². The molecule has 1 rings (SSSR count). The Hall–Kier alpha value is -1.26. The van der Waals surface area contributed by atoms with Gasteiger partial charge in [-0.3, -0.25) is 0 Å². The normalized spacial score (nSPS) is 14.4. The van der Waals surface area contributed by atoms with Crippen LogP contribution < -0.4 is 9.64 Å². The Morgan fingerprint density at radius 2 is 1.75 bits per heavy atom. The van der Waals surface area contributed by atoms with E-state index >= 15 is 0 Å². The average molecular weight is 225 g/mol. The van der Waals surface area contributed by atoms with Crippen LogP contribution in [0.3, 0.4) is 0 Å². The molecule has 1 aromatic carbocycles. The van der Waals surface area contributed by atoms with Crippen molar-refractivity contribution in [2.24, 2.45) is 0 Å². The van der Waals surface area contributed by atoms with Crippen molar-refractivity contribution < 1.29 is 14.9 Å². The molecule has 0 amide bonds. The summed E-state index contributed by atoms with van der Waals surface area (Å²) < 4.78 is 5.22. The minimum Gasteiger partial charge on any atom is -0.495 e. The molecule has 0 aliphatic carbocycles. The molecule has 0 heterocycles. The topological polar surface area (TPSA) is 52.9 Å². The summed E-state index contributed by atoms with van der Waals surface area (Å²) in [6.07, 6.45) is -1.56. The van der Waals surface area contributed by atoms with E-state index < -0.39 is 12.5 Å². The molecule has 0 spiro atoms. The van der Waals surface area contributed by atoms with Gasteiger partial charge in [0.05, 0.1) is 12.8 Å². The van der Waals surface area contributed by atoms with E-state index in [4.69, 9.17) is 4.74 Å². The molecule has 90 valence electrons. The third kappa shape index (κ3) is 2.65. The third-order valence-electron chi connectivity index (χ3n) is 2.42. The molecule has 0 saturated heterocycles. The number of rotatable bonds is 4. The number of hydrogen-bond donors (Lipinski definition) is 2. The summed E-state index contributed by atoms with van der Waals surface area (Å²) in [6.45, 7) is 5.16. The van der Waals surface area contributed by atoms with Crippen LogP contribution in [-0.4, -0.2) is 29.8 Å². The zero-order valence-electron chi connectivity index (χ0n) is 10.1. The predicted octanol–water partition coefficient (Wildman–Crippen LogP) is 1.49. The van der Waals surface area contributed by atoms with Crippen molar-refractivity contribution in [3.63, 3.8) is 0 Å². The van der Waals surface area contributed by atoms with Crippen molar-refractivity contribution in [3.05, 3.63) is 23.8 Å². The SMILES string of the molecule is COc1ccc(C)cc1N(C(C)O)C(C)O. The highest BCUT2D eigenvalue weighted by Crippen LogP contribution is 2.31. The molecular formula is C12H19NO3. The molecule has 0 fully saturated rings. The first kappa shape index (κ1) is 12.8. The lowest BCUT2D eigenvalue weighted by Crippen LogP contribution is -2.40. The molecule has 2 unspecified atom stereocenters. The summed E-state index contributed by atoms with van der Waals surface area (Å²) in [5.41, 5.74) is 1.73. The Balaban J connectivity index is 3.21. The minimum absolute atomic E-state index is 0.632. The van der Waals surface area contributed by atoms with E-state index in [1.807, 2.05) is 25.1 Å². The van der Waals surface area contributed by atoms with E-state index in [-0.39, 0.29) is 0 Å². The van der Waals surface area contributed by atoms with Gasteiger partial charge in [-0.25, -0.2) is 0 Å². The lowest BCUT2D eigenvalue weighted by atomic mass is 10.2. The lowest BCUT2D eigenvalue weighted by Gasteiger charge is -2.31. The van der Waals surface area contributed by atoms with Gasteiger partial charge in [0.2, 0.25) is 0 Å². The summed E-state index contributed by atoms with van der Waals surface area (Å²) in [7, 11) is 1.57. The minimum atomic E-state index is -0.782. The summed E-state index contributed by atoms with van der Waals surface area (Å²) in [6, 6.07) is 5.62. The lowest BCUT2D eigenvalue weighted by molar-refractivity contribution is 0.104. The molecule has 2 atom stereocenters. The van der Waals surface area contributed by atoms with Crippen LogP contribution in [0, 0.1) is 6.92 Å². The highest BCUT2D eigenvalue weighted by molar-refractivity contribution is 5.60.